The summed E-state index contributed by atoms with van der Waals surface area (Å²) in [5.74, 6) is 0.900. The highest BCUT2D eigenvalue weighted by atomic mass is 32.1. The molecule has 0 saturated heterocycles. The minimum absolute atomic E-state index is 0.120. The number of carbonyl (C=O) groups excluding carboxylic acids is 1. The second kappa shape index (κ2) is 6.65. The van der Waals surface area contributed by atoms with Crippen LogP contribution < -0.4 is 0 Å². The molecular weight excluding hydrogens is 272 g/mol. The van der Waals surface area contributed by atoms with Crippen LogP contribution in [0.4, 0.5) is 0 Å². The number of nitrogens with zero attached hydrogens (tertiary/aromatic N) is 3. The Hall–Kier alpha value is -1.69. The molecule has 2 aromatic rings. The van der Waals surface area contributed by atoms with Crippen LogP contribution in [0, 0.1) is 0 Å². The summed E-state index contributed by atoms with van der Waals surface area (Å²) in [4.78, 5) is 19.5. The van der Waals surface area contributed by atoms with Gasteiger partial charge in [-0.3, -0.25) is 9.89 Å². The van der Waals surface area contributed by atoms with Gasteiger partial charge in [-0.25, -0.2) is 4.98 Å². The molecule has 2 rings (SSSR count). The van der Waals surface area contributed by atoms with Crippen molar-refractivity contribution in [2.24, 2.45) is 0 Å². The first-order valence-corrected chi connectivity index (χ1v) is 7.70. The maximum Gasteiger partial charge on any atom is 0.293 e. The Balaban J connectivity index is 1.99. The summed E-state index contributed by atoms with van der Waals surface area (Å²) in [7, 11) is 1.80. The van der Waals surface area contributed by atoms with E-state index in [2.05, 4.69) is 33.6 Å². The van der Waals surface area contributed by atoms with Gasteiger partial charge in [0.25, 0.3) is 5.91 Å². The number of rotatable bonds is 6. The van der Waals surface area contributed by atoms with Crippen molar-refractivity contribution in [1.29, 1.82) is 0 Å². The Morgan fingerprint density at radius 1 is 1.55 bits per heavy atom. The van der Waals surface area contributed by atoms with Crippen LogP contribution in [0.5, 0.6) is 0 Å². The molecule has 0 fully saturated rings. The Labute approximate surface area is 123 Å². The van der Waals surface area contributed by atoms with Crippen molar-refractivity contribution in [3.63, 3.8) is 0 Å². The quantitative estimate of drug-likeness (QED) is 0.890. The SMILES string of the molecule is CCCc1nc(C(=O)N(C)C(C)Cc2cccs2)n[nH]1. The van der Waals surface area contributed by atoms with Gasteiger partial charge in [0.15, 0.2) is 0 Å². The summed E-state index contributed by atoms with van der Waals surface area (Å²) in [5.41, 5.74) is 0. The van der Waals surface area contributed by atoms with E-state index in [1.54, 1.807) is 23.3 Å². The van der Waals surface area contributed by atoms with Gasteiger partial charge in [-0.1, -0.05) is 13.0 Å². The number of amides is 1. The lowest BCUT2D eigenvalue weighted by molar-refractivity contribution is 0.0732. The summed E-state index contributed by atoms with van der Waals surface area (Å²) in [6, 6.07) is 4.24. The fourth-order valence-electron chi connectivity index (χ4n) is 1.95. The predicted octanol–water partition coefficient (Wildman–Crippen LogP) is 2.52. The molecule has 1 amide bonds. The van der Waals surface area contributed by atoms with Gasteiger partial charge in [0.05, 0.1) is 0 Å². The van der Waals surface area contributed by atoms with Gasteiger partial charge in [-0.15, -0.1) is 16.4 Å². The smallest absolute Gasteiger partial charge is 0.293 e. The van der Waals surface area contributed by atoms with Crippen LogP contribution in [0.25, 0.3) is 0 Å². The van der Waals surface area contributed by atoms with Crippen LogP contribution in [-0.4, -0.2) is 39.1 Å². The zero-order valence-corrected chi connectivity index (χ0v) is 12.9. The second-order valence-corrected chi connectivity index (χ2v) is 5.94. The molecule has 0 aliphatic carbocycles. The molecule has 0 aliphatic heterocycles. The minimum atomic E-state index is -0.132. The number of aromatic nitrogens is 3. The highest BCUT2D eigenvalue weighted by Crippen LogP contribution is 2.14. The molecular formula is C14H20N4OS. The molecule has 6 heteroatoms. The van der Waals surface area contributed by atoms with Gasteiger partial charge in [-0.2, -0.15) is 0 Å². The van der Waals surface area contributed by atoms with Crippen LogP contribution in [0.3, 0.4) is 0 Å². The minimum Gasteiger partial charge on any atom is -0.336 e. The van der Waals surface area contributed by atoms with Crippen LogP contribution >= 0.6 is 11.3 Å². The van der Waals surface area contributed by atoms with Crippen molar-refractivity contribution in [3.8, 4) is 0 Å². The normalized spacial score (nSPS) is 12.3. The van der Waals surface area contributed by atoms with E-state index in [-0.39, 0.29) is 17.8 Å². The monoisotopic (exact) mass is 292 g/mol. The third-order valence-electron chi connectivity index (χ3n) is 3.27. The zero-order chi connectivity index (χ0) is 14.5. The maximum atomic E-state index is 12.3. The topological polar surface area (TPSA) is 61.9 Å². The van der Waals surface area contributed by atoms with Gasteiger partial charge >= 0.3 is 0 Å². The average molecular weight is 292 g/mol. The Morgan fingerprint density at radius 3 is 3.00 bits per heavy atom. The van der Waals surface area contributed by atoms with Crippen LogP contribution in [0.2, 0.25) is 0 Å². The van der Waals surface area contributed by atoms with Gasteiger partial charge in [-0.05, 0) is 24.8 Å². The van der Waals surface area contributed by atoms with Crippen molar-refractivity contribution in [1.82, 2.24) is 20.1 Å². The average Bonchev–Trinajstić information content (AvgIpc) is 3.09. The predicted molar refractivity (Wildman–Crippen MR) is 80.0 cm³/mol. The molecule has 1 N–H and O–H groups in total. The number of H-pyrrole nitrogens is 1. The summed E-state index contributed by atoms with van der Waals surface area (Å²) in [6.07, 6.45) is 2.65. The molecule has 5 nitrogen and oxygen atoms in total. The molecule has 20 heavy (non-hydrogen) atoms. The van der Waals surface area contributed by atoms with E-state index in [4.69, 9.17) is 0 Å². The fraction of sp³-hybridized carbons (Fsp3) is 0.500. The lowest BCUT2D eigenvalue weighted by atomic mass is 10.2. The molecule has 1 atom stereocenters. The van der Waals surface area contributed by atoms with Gasteiger partial charge in [0, 0.05) is 30.8 Å². The van der Waals surface area contributed by atoms with E-state index in [0.717, 1.165) is 25.1 Å². The molecule has 0 saturated carbocycles. The number of aryl methyl sites for hydroxylation is 1. The Bertz CT molecular complexity index is 549. The number of carbonyl (C=O) groups is 1. The van der Waals surface area contributed by atoms with Crippen molar-refractivity contribution < 1.29 is 4.79 Å². The summed E-state index contributed by atoms with van der Waals surface area (Å²) in [6.45, 7) is 4.11. The highest BCUT2D eigenvalue weighted by Gasteiger charge is 2.21. The van der Waals surface area contributed by atoms with E-state index in [0.29, 0.717) is 0 Å². The Kier molecular flexibility index (Phi) is 4.89. The number of thiophene rings is 1. The lowest BCUT2D eigenvalue weighted by Crippen LogP contribution is -2.36. The van der Waals surface area contributed by atoms with Crippen molar-refractivity contribution in [2.45, 2.75) is 39.2 Å². The maximum absolute atomic E-state index is 12.3. The number of hydrogen-bond donors (Lipinski definition) is 1. The highest BCUT2D eigenvalue weighted by molar-refractivity contribution is 7.09. The summed E-state index contributed by atoms with van der Waals surface area (Å²) >= 11 is 1.71. The first kappa shape index (κ1) is 14.7. The molecule has 0 radical (unpaired) electrons. The third kappa shape index (κ3) is 3.45. The van der Waals surface area contributed by atoms with Gasteiger partial charge in [0.2, 0.25) is 5.82 Å². The number of likely N-dealkylation sites (N-methyl/N-ethyl adjacent to an activating group) is 1. The number of nitrogens with one attached hydrogen (secondary N) is 1. The van der Waals surface area contributed by atoms with Crippen molar-refractivity contribution >= 4 is 17.2 Å². The third-order valence-corrected chi connectivity index (χ3v) is 4.17. The number of aromatic amines is 1. The molecule has 1 unspecified atom stereocenters. The molecule has 0 aromatic carbocycles. The van der Waals surface area contributed by atoms with E-state index in [1.165, 1.54) is 4.88 Å². The van der Waals surface area contributed by atoms with E-state index in [9.17, 15) is 4.79 Å². The second-order valence-electron chi connectivity index (χ2n) is 4.90. The Morgan fingerprint density at radius 2 is 2.35 bits per heavy atom. The molecule has 2 heterocycles. The summed E-state index contributed by atoms with van der Waals surface area (Å²) < 4.78 is 0. The van der Waals surface area contributed by atoms with Crippen LogP contribution in [0.15, 0.2) is 17.5 Å². The zero-order valence-electron chi connectivity index (χ0n) is 12.1. The molecule has 0 bridgehead atoms. The largest absolute Gasteiger partial charge is 0.336 e. The molecule has 0 spiro atoms. The van der Waals surface area contributed by atoms with Gasteiger partial charge < -0.3 is 4.90 Å². The van der Waals surface area contributed by atoms with E-state index >= 15 is 0 Å². The standard InChI is InChI=1S/C14H20N4OS/c1-4-6-12-15-13(17-16-12)14(19)18(3)10(2)9-11-7-5-8-20-11/h5,7-8,10H,4,6,9H2,1-3H3,(H,15,16,17). The van der Waals surface area contributed by atoms with Crippen LogP contribution in [0.1, 0.15) is 41.6 Å². The van der Waals surface area contributed by atoms with Crippen molar-refractivity contribution in [2.75, 3.05) is 7.05 Å². The van der Waals surface area contributed by atoms with E-state index in [1.807, 2.05) is 13.0 Å². The molecule has 108 valence electrons. The van der Waals surface area contributed by atoms with E-state index < -0.39 is 0 Å². The molecule has 2 aromatic heterocycles. The summed E-state index contributed by atoms with van der Waals surface area (Å²) in [5, 5.41) is 8.88. The van der Waals surface area contributed by atoms with Crippen LogP contribution in [-0.2, 0) is 12.8 Å². The first-order valence-electron chi connectivity index (χ1n) is 6.82. The van der Waals surface area contributed by atoms with Crippen molar-refractivity contribution in [3.05, 3.63) is 34.0 Å². The fourth-order valence-corrected chi connectivity index (χ4v) is 2.78. The van der Waals surface area contributed by atoms with Gasteiger partial charge in [0.1, 0.15) is 5.82 Å². The molecule has 0 aliphatic rings. The number of hydrogen-bond acceptors (Lipinski definition) is 4. The lowest BCUT2D eigenvalue weighted by Gasteiger charge is -2.23. The first-order chi connectivity index (χ1) is 9.61.